The normalized spacial score (nSPS) is 33.8. The Balaban J connectivity index is 1.41. The number of hydrogen-bond acceptors (Lipinski definition) is 5. The largest absolute Gasteiger partial charge is 0.494 e. The molecule has 0 radical (unpaired) electrons. The highest BCUT2D eigenvalue weighted by Crippen LogP contribution is 2.60. The molecule has 4 bridgehead atoms. The lowest BCUT2D eigenvalue weighted by Gasteiger charge is -2.61. The number of amides is 1. The molecular formula is C20H25N5O2. The van der Waals surface area contributed by atoms with Crippen molar-refractivity contribution in [2.75, 3.05) is 6.61 Å². The van der Waals surface area contributed by atoms with E-state index >= 15 is 0 Å². The molecule has 1 aromatic carbocycles. The molecule has 2 unspecified atom stereocenters. The Labute approximate surface area is 158 Å². The average Bonchev–Trinajstić information content (AvgIpc) is 3.16. The number of nitrogens with zero attached hydrogens (tertiary/aromatic N) is 4. The fourth-order valence-electron chi connectivity index (χ4n) is 6.19. The van der Waals surface area contributed by atoms with Gasteiger partial charge in [0.1, 0.15) is 5.75 Å². The van der Waals surface area contributed by atoms with E-state index in [2.05, 4.69) is 20.7 Å². The van der Waals surface area contributed by atoms with Gasteiger partial charge in [0, 0.05) is 11.1 Å². The van der Waals surface area contributed by atoms with Crippen molar-refractivity contribution in [2.45, 2.75) is 56.5 Å². The molecule has 6 rings (SSSR count). The predicted molar refractivity (Wildman–Crippen MR) is 98.3 cm³/mol. The molecule has 0 saturated heterocycles. The maximum absolute atomic E-state index is 13.1. The van der Waals surface area contributed by atoms with Gasteiger partial charge in [-0.2, -0.15) is 4.80 Å². The Kier molecular flexibility index (Phi) is 3.74. The maximum atomic E-state index is 13.1. The molecule has 7 nitrogen and oxygen atoms in total. The van der Waals surface area contributed by atoms with E-state index in [0.29, 0.717) is 24.0 Å². The molecule has 4 aliphatic carbocycles. The summed E-state index contributed by atoms with van der Waals surface area (Å²) in [4.78, 5) is 14.9. The molecule has 7 heteroatoms. The number of hydrogen-bond donors (Lipinski definition) is 1. The third-order valence-corrected chi connectivity index (χ3v) is 6.59. The number of tetrazole rings is 1. The van der Waals surface area contributed by atoms with Gasteiger partial charge in [-0.25, -0.2) is 0 Å². The quantitative estimate of drug-likeness (QED) is 0.878. The van der Waals surface area contributed by atoms with E-state index < -0.39 is 0 Å². The zero-order valence-electron chi connectivity index (χ0n) is 15.6. The van der Waals surface area contributed by atoms with Gasteiger partial charge in [0.2, 0.25) is 0 Å². The highest BCUT2D eigenvalue weighted by atomic mass is 16.5. The van der Waals surface area contributed by atoms with E-state index in [1.54, 1.807) is 0 Å². The lowest BCUT2D eigenvalue weighted by Crippen LogP contribution is -2.66. The van der Waals surface area contributed by atoms with Gasteiger partial charge in [-0.15, -0.1) is 10.2 Å². The lowest BCUT2D eigenvalue weighted by molar-refractivity contribution is -0.0810. The van der Waals surface area contributed by atoms with Gasteiger partial charge in [-0.3, -0.25) is 4.79 Å². The van der Waals surface area contributed by atoms with Crippen molar-refractivity contribution >= 4 is 5.91 Å². The monoisotopic (exact) mass is 367 g/mol. The van der Waals surface area contributed by atoms with E-state index in [4.69, 9.17) is 4.74 Å². The number of nitrogens with one attached hydrogen (secondary N) is 1. The van der Waals surface area contributed by atoms with Crippen molar-refractivity contribution in [3.8, 4) is 5.75 Å². The highest BCUT2D eigenvalue weighted by Gasteiger charge is 2.60. The topological polar surface area (TPSA) is 81.9 Å². The molecule has 4 fully saturated rings. The number of aromatic nitrogens is 4. The van der Waals surface area contributed by atoms with Crippen molar-refractivity contribution < 1.29 is 9.53 Å². The van der Waals surface area contributed by atoms with Crippen LogP contribution >= 0.6 is 0 Å². The molecular weight excluding hydrogens is 342 g/mol. The molecule has 1 aromatic heterocycles. The molecule has 4 aliphatic rings. The minimum absolute atomic E-state index is 0.0137. The first kappa shape index (κ1) is 16.7. The molecule has 27 heavy (non-hydrogen) atoms. The van der Waals surface area contributed by atoms with Crippen LogP contribution in [0.2, 0.25) is 0 Å². The summed E-state index contributed by atoms with van der Waals surface area (Å²) in [6.07, 6.45) is 7.96. The van der Waals surface area contributed by atoms with Crippen LogP contribution in [0, 0.1) is 11.8 Å². The molecule has 1 amide bonds. The van der Waals surface area contributed by atoms with Crippen LogP contribution in [0.4, 0.5) is 0 Å². The summed E-state index contributed by atoms with van der Waals surface area (Å²) < 4.78 is 5.55. The molecule has 142 valence electrons. The predicted octanol–water partition coefficient (Wildman–Crippen LogP) is 2.55. The van der Waals surface area contributed by atoms with Gasteiger partial charge in [-0.1, -0.05) is 6.07 Å². The van der Waals surface area contributed by atoms with Crippen LogP contribution < -0.4 is 10.1 Å². The SMILES string of the molecule is CCOc1cccc(C(=O)NC23CC4CC(C2)CC(n2ncnn2)(C4)C3)c1. The van der Waals surface area contributed by atoms with Crippen LogP contribution in [-0.2, 0) is 5.54 Å². The minimum atomic E-state index is -0.170. The van der Waals surface area contributed by atoms with Crippen molar-refractivity contribution in [3.05, 3.63) is 36.2 Å². The van der Waals surface area contributed by atoms with E-state index in [0.717, 1.165) is 37.9 Å². The Morgan fingerprint density at radius 1 is 1.30 bits per heavy atom. The van der Waals surface area contributed by atoms with Crippen LogP contribution in [0.1, 0.15) is 55.8 Å². The molecule has 2 atom stereocenters. The zero-order chi connectivity index (χ0) is 18.5. The number of ether oxygens (including phenoxy) is 1. The van der Waals surface area contributed by atoms with E-state index in [9.17, 15) is 4.79 Å². The van der Waals surface area contributed by atoms with Crippen molar-refractivity contribution in [1.82, 2.24) is 25.5 Å². The molecule has 4 saturated carbocycles. The van der Waals surface area contributed by atoms with Gasteiger partial charge in [0.05, 0.1) is 12.1 Å². The fourth-order valence-corrected chi connectivity index (χ4v) is 6.19. The van der Waals surface area contributed by atoms with E-state index in [1.807, 2.05) is 36.0 Å². The van der Waals surface area contributed by atoms with Crippen LogP contribution in [0.5, 0.6) is 5.75 Å². The van der Waals surface area contributed by atoms with Crippen LogP contribution in [-0.4, -0.2) is 38.3 Å². The summed E-state index contributed by atoms with van der Waals surface area (Å²) in [5.74, 6) is 1.96. The summed E-state index contributed by atoms with van der Waals surface area (Å²) in [5.41, 5.74) is 0.391. The van der Waals surface area contributed by atoms with Gasteiger partial charge < -0.3 is 10.1 Å². The molecule has 0 aliphatic heterocycles. The van der Waals surface area contributed by atoms with Crippen LogP contribution in [0.3, 0.4) is 0 Å². The van der Waals surface area contributed by atoms with Crippen molar-refractivity contribution in [3.63, 3.8) is 0 Å². The minimum Gasteiger partial charge on any atom is -0.494 e. The average molecular weight is 367 g/mol. The summed E-state index contributed by atoms with van der Waals surface area (Å²) in [6.45, 7) is 2.53. The Hall–Kier alpha value is -2.44. The van der Waals surface area contributed by atoms with Crippen LogP contribution in [0.15, 0.2) is 30.6 Å². The summed E-state index contributed by atoms with van der Waals surface area (Å²) >= 11 is 0. The zero-order valence-corrected chi connectivity index (χ0v) is 15.6. The summed E-state index contributed by atoms with van der Waals surface area (Å²) in [7, 11) is 0. The number of rotatable bonds is 5. The van der Waals surface area contributed by atoms with E-state index in [-0.39, 0.29) is 17.0 Å². The second-order valence-electron chi connectivity index (χ2n) is 8.61. The highest BCUT2D eigenvalue weighted by molar-refractivity contribution is 5.95. The van der Waals surface area contributed by atoms with Gasteiger partial charge in [-0.05, 0) is 80.7 Å². The summed E-state index contributed by atoms with van der Waals surface area (Å²) in [6, 6.07) is 7.44. The van der Waals surface area contributed by atoms with Crippen molar-refractivity contribution in [1.29, 1.82) is 0 Å². The Morgan fingerprint density at radius 3 is 2.81 bits per heavy atom. The van der Waals surface area contributed by atoms with E-state index in [1.165, 1.54) is 12.7 Å². The first-order valence-electron chi connectivity index (χ1n) is 9.89. The standard InChI is InChI=1S/C20H25N5O2/c1-2-27-17-5-3-4-16(7-17)18(26)23-19-8-14-6-15(9-19)11-20(10-14,12-19)25-22-13-21-24-25/h3-5,7,13-15H,2,6,8-12H2,1H3,(H,23,26). The molecule has 2 aromatic rings. The molecule has 1 N–H and O–H groups in total. The maximum Gasteiger partial charge on any atom is 0.251 e. The molecule has 0 spiro atoms. The number of benzene rings is 1. The summed E-state index contributed by atoms with van der Waals surface area (Å²) in [5, 5.41) is 16.0. The third-order valence-electron chi connectivity index (χ3n) is 6.59. The Morgan fingerprint density at radius 2 is 2.11 bits per heavy atom. The second-order valence-corrected chi connectivity index (χ2v) is 8.61. The third kappa shape index (κ3) is 2.80. The number of carbonyl (C=O) groups excluding carboxylic acids is 1. The first-order chi connectivity index (χ1) is 13.1. The van der Waals surface area contributed by atoms with Gasteiger partial charge in [0.25, 0.3) is 5.91 Å². The van der Waals surface area contributed by atoms with Crippen LogP contribution in [0.25, 0.3) is 0 Å². The molecule has 1 heterocycles. The first-order valence-corrected chi connectivity index (χ1v) is 9.89. The lowest BCUT2D eigenvalue weighted by atomic mass is 9.50. The number of carbonyl (C=O) groups is 1. The van der Waals surface area contributed by atoms with Crippen molar-refractivity contribution in [2.24, 2.45) is 11.8 Å². The van der Waals surface area contributed by atoms with Gasteiger partial charge in [0.15, 0.2) is 6.33 Å². The second kappa shape index (κ2) is 6.04. The van der Waals surface area contributed by atoms with Gasteiger partial charge >= 0.3 is 0 Å². The smallest absolute Gasteiger partial charge is 0.251 e. The fraction of sp³-hybridized carbons (Fsp3) is 0.600. The Bertz CT molecular complexity index is 836.